The highest BCUT2D eigenvalue weighted by atomic mass is 16.3. The molecule has 0 saturated heterocycles. The zero-order chi connectivity index (χ0) is 19.1. The quantitative estimate of drug-likeness (QED) is 0.742. The summed E-state index contributed by atoms with van der Waals surface area (Å²) < 4.78 is 1.92. The van der Waals surface area contributed by atoms with Gasteiger partial charge in [-0.05, 0) is 31.0 Å². The van der Waals surface area contributed by atoms with Crippen LogP contribution in [0.2, 0.25) is 0 Å². The maximum Gasteiger partial charge on any atom is 0.254 e. The Morgan fingerprint density at radius 3 is 2.89 bits per heavy atom. The van der Waals surface area contributed by atoms with Gasteiger partial charge in [0.15, 0.2) is 0 Å². The van der Waals surface area contributed by atoms with Gasteiger partial charge in [-0.1, -0.05) is 13.8 Å². The van der Waals surface area contributed by atoms with Gasteiger partial charge in [-0.2, -0.15) is 0 Å². The minimum Gasteiger partial charge on any atom is -0.389 e. The highest BCUT2D eigenvalue weighted by Crippen LogP contribution is 2.33. The summed E-state index contributed by atoms with van der Waals surface area (Å²) >= 11 is 0. The highest BCUT2D eigenvalue weighted by Gasteiger charge is 2.39. The number of likely N-dealkylation sites (N-methyl/N-ethyl adjacent to an activating group) is 1. The van der Waals surface area contributed by atoms with Gasteiger partial charge in [0.1, 0.15) is 5.82 Å². The molecule has 1 amide bonds. The van der Waals surface area contributed by atoms with Crippen LogP contribution in [0.1, 0.15) is 54.8 Å². The van der Waals surface area contributed by atoms with Crippen LogP contribution in [0.4, 0.5) is 0 Å². The monoisotopic (exact) mass is 367 g/mol. The first-order valence-electron chi connectivity index (χ1n) is 9.38. The van der Waals surface area contributed by atoms with E-state index in [0.29, 0.717) is 11.5 Å². The fraction of sp³-hybridized carbons (Fsp3) is 0.450. The SMILES string of the molecule is CC(C)c1nc2ccc(C(=O)N(C)[C@@H]3CC[C@@H](n4ccnc4)[C@@H]3O)cc2[nH]1. The van der Waals surface area contributed by atoms with E-state index in [2.05, 4.69) is 28.8 Å². The highest BCUT2D eigenvalue weighted by molar-refractivity contribution is 5.97. The minimum atomic E-state index is -0.614. The molecular weight excluding hydrogens is 342 g/mol. The van der Waals surface area contributed by atoms with E-state index in [1.54, 1.807) is 30.5 Å². The summed E-state index contributed by atoms with van der Waals surface area (Å²) in [7, 11) is 1.77. The number of carbonyl (C=O) groups is 1. The number of fused-ring (bicyclic) bond motifs is 1. The molecular formula is C20H25N5O2. The Morgan fingerprint density at radius 2 is 2.19 bits per heavy atom. The number of hydrogen-bond acceptors (Lipinski definition) is 4. The molecule has 0 unspecified atom stereocenters. The molecule has 3 atom stereocenters. The number of hydrogen-bond donors (Lipinski definition) is 2. The first-order chi connectivity index (χ1) is 13.0. The largest absolute Gasteiger partial charge is 0.389 e. The maximum atomic E-state index is 13.0. The number of rotatable bonds is 4. The number of imidazole rings is 2. The Balaban J connectivity index is 1.54. The van der Waals surface area contributed by atoms with Gasteiger partial charge in [0.25, 0.3) is 5.91 Å². The summed E-state index contributed by atoms with van der Waals surface area (Å²) in [6.07, 6.45) is 6.25. The molecule has 7 heteroatoms. The average Bonchev–Trinajstić information content (AvgIpc) is 3.38. The first-order valence-corrected chi connectivity index (χ1v) is 9.38. The number of benzene rings is 1. The van der Waals surface area contributed by atoms with Gasteiger partial charge >= 0.3 is 0 Å². The Hall–Kier alpha value is -2.67. The van der Waals surface area contributed by atoms with Crippen molar-refractivity contribution in [2.45, 2.75) is 50.8 Å². The van der Waals surface area contributed by atoms with Crippen LogP contribution in [-0.4, -0.2) is 54.6 Å². The zero-order valence-corrected chi connectivity index (χ0v) is 15.8. The van der Waals surface area contributed by atoms with Crippen LogP contribution in [0.25, 0.3) is 11.0 Å². The standard InChI is InChI=1S/C20H25N5O2/c1-12(2)19-22-14-5-4-13(10-15(14)23-19)20(27)24(3)16-6-7-17(18(16)26)25-9-8-21-11-25/h4-5,8-12,16-18,26H,6-7H2,1-3H3,(H,22,23)/t16-,17-,18-/m1/s1. The number of nitrogens with one attached hydrogen (secondary N) is 1. The van der Waals surface area contributed by atoms with Gasteiger partial charge in [0, 0.05) is 30.9 Å². The molecule has 1 fully saturated rings. The molecule has 0 radical (unpaired) electrons. The van der Waals surface area contributed by atoms with Crippen LogP contribution in [0.3, 0.4) is 0 Å². The van der Waals surface area contributed by atoms with Gasteiger partial charge in [0.2, 0.25) is 0 Å². The maximum absolute atomic E-state index is 13.0. The summed E-state index contributed by atoms with van der Waals surface area (Å²) in [4.78, 5) is 26.6. The summed E-state index contributed by atoms with van der Waals surface area (Å²) in [5, 5.41) is 10.8. The van der Waals surface area contributed by atoms with E-state index >= 15 is 0 Å². The lowest BCUT2D eigenvalue weighted by molar-refractivity contribution is 0.0443. The number of aromatic nitrogens is 4. The molecule has 27 heavy (non-hydrogen) atoms. The number of aromatic amines is 1. The predicted octanol–water partition coefficient (Wildman–Crippen LogP) is 2.72. The zero-order valence-electron chi connectivity index (χ0n) is 15.8. The van der Waals surface area contributed by atoms with Gasteiger partial charge in [0.05, 0.1) is 35.5 Å². The molecule has 142 valence electrons. The van der Waals surface area contributed by atoms with Crippen LogP contribution in [0, 0.1) is 0 Å². The van der Waals surface area contributed by atoms with Crippen molar-refractivity contribution >= 4 is 16.9 Å². The van der Waals surface area contributed by atoms with Crippen molar-refractivity contribution in [1.82, 2.24) is 24.4 Å². The van der Waals surface area contributed by atoms with E-state index in [9.17, 15) is 9.90 Å². The van der Waals surface area contributed by atoms with Gasteiger partial charge < -0.3 is 19.6 Å². The van der Waals surface area contributed by atoms with E-state index in [1.807, 2.05) is 22.9 Å². The smallest absolute Gasteiger partial charge is 0.254 e. The van der Waals surface area contributed by atoms with E-state index < -0.39 is 6.10 Å². The molecule has 1 saturated carbocycles. The molecule has 2 N–H and O–H groups in total. The molecule has 1 aliphatic rings. The van der Waals surface area contributed by atoms with Crippen molar-refractivity contribution < 1.29 is 9.90 Å². The van der Waals surface area contributed by atoms with Crippen molar-refractivity contribution in [1.29, 1.82) is 0 Å². The second kappa shape index (κ2) is 6.81. The molecule has 2 aromatic heterocycles. The Bertz CT molecular complexity index is 947. The summed E-state index contributed by atoms with van der Waals surface area (Å²) in [6, 6.07) is 5.27. The third kappa shape index (κ3) is 3.12. The lowest BCUT2D eigenvalue weighted by Gasteiger charge is -2.29. The van der Waals surface area contributed by atoms with Gasteiger partial charge in [-0.15, -0.1) is 0 Å². The number of amides is 1. The number of aliphatic hydroxyl groups excluding tert-OH is 1. The van der Waals surface area contributed by atoms with Gasteiger partial charge in [-0.25, -0.2) is 9.97 Å². The third-order valence-electron chi connectivity index (χ3n) is 5.57. The van der Waals surface area contributed by atoms with E-state index in [1.165, 1.54) is 0 Å². The van der Waals surface area contributed by atoms with Crippen LogP contribution < -0.4 is 0 Å². The second-order valence-electron chi connectivity index (χ2n) is 7.64. The van der Waals surface area contributed by atoms with Crippen LogP contribution in [0.5, 0.6) is 0 Å². The molecule has 4 rings (SSSR count). The van der Waals surface area contributed by atoms with E-state index in [4.69, 9.17) is 0 Å². The van der Waals surface area contributed by atoms with Crippen LogP contribution in [-0.2, 0) is 0 Å². The molecule has 3 aromatic rings. The van der Waals surface area contributed by atoms with Crippen LogP contribution in [0.15, 0.2) is 36.9 Å². The molecule has 7 nitrogen and oxygen atoms in total. The summed E-state index contributed by atoms with van der Waals surface area (Å²) in [5.41, 5.74) is 2.32. The lowest BCUT2D eigenvalue weighted by Crippen LogP contribution is -2.43. The minimum absolute atomic E-state index is 0.0450. The number of nitrogens with zero attached hydrogens (tertiary/aromatic N) is 4. The van der Waals surface area contributed by atoms with Crippen molar-refractivity contribution in [2.24, 2.45) is 0 Å². The van der Waals surface area contributed by atoms with Crippen molar-refractivity contribution in [3.8, 4) is 0 Å². The Labute approximate surface area is 158 Å². The average molecular weight is 367 g/mol. The fourth-order valence-electron chi connectivity index (χ4n) is 3.94. The van der Waals surface area contributed by atoms with E-state index in [-0.39, 0.29) is 18.0 Å². The second-order valence-corrected chi connectivity index (χ2v) is 7.64. The third-order valence-corrected chi connectivity index (χ3v) is 5.57. The summed E-state index contributed by atoms with van der Waals surface area (Å²) in [6.45, 7) is 4.16. The topological polar surface area (TPSA) is 87.0 Å². The number of aliphatic hydroxyl groups is 1. The fourth-order valence-corrected chi connectivity index (χ4v) is 3.94. The van der Waals surface area contributed by atoms with E-state index in [0.717, 1.165) is 29.7 Å². The molecule has 0 bridgehead atoms. The molecule has 1 aliphatic carbocycles. The number of H-pyrrole nitrogens is 1. The normalized spacial score (nSPS) is 22.6. The first kappa shape index (κ1) is 17.7. The molecule has 0 aliphatic heterocycles. The van der Waals surface area contributed by atoms with Gasteiger partial charge in [-0.3, -0.25) is 4.79 Å². The summed E-state index contributed by atoms with van der Waals surface area (Å²) in [5.74, 6) is 1.12. The predicted molar refractivity (Wildman–Crippen MR) is 103 cm³/mol. The van der Waals surface area contributed by atoms with Crippen molar-refractivity contribution in [3.05, 3.63) is 48.3 Å². The van der Waals surface area contributed by atoms with Crippen molar-refractivity contribution in [3.63, 3.8) is 0 Å². The lowest BCUT2D eigenvalue weighted by atomic mass is 10.1. The van der Waals surface area contributed by atoms with Crippen molar-refractivity contribution in [2.75, 3.05) is 7.05 Å². The Kier molecular flexibility index (Phi) is 4.47. The molecule has 2 heterocycles. The Morgan fingerprint density at radius 1 is 1.37 bits per heavy atom. The molecule has 0 spiro atoms. The number of carbonyl (C=O) groups excluding carboxylic acids is 1. The molecule has 1 aromatic carbocycles. The van der Waals surface area contributed by atoms with Crippen LogP contribution >= 0.6 is 0 Å².